The van der Waals surface area contributed by atoms with Crippen molar-refractivity contribution in [1.29, 1.82) is 0 Å². The summed E-state index contributed by atoms with van der Waals surface area (Å²) in [5.41, 5.74) is 0. The molecule has 0 saturated carbocycles. The Labute approximate surface area is 79.9 Å². The zero-order chi connectivity index (χ0) is 8.69. The van der Waals surface area contributed by atoms with Crippen LogP contribution in [0.1, 0.15) is 0 Å². The normalized spacial score (nSPS) is 8.91. The van der Waals surface area contributed by atoms with Crippen molar-refractivity contribution >= 4 is 50.8 Å². The number of carbonyl (C=O) groups is 2. The molecule has 0 N–H and O–H groups in total. The summed E-state index contributed by atoms with van der Waals surface area (Å²) in [6.07, 6.45) is 0. The van der Waals surface area contributed by atoms with Gasteiger partial charge in [-0.05, 0) is 0 Å². The monoisotopic (exact) mass is 266 g/mol. The van der Waals surface area contributed by atoms with E-state index in [0.29, 0.717) is 0 Å². The Balaban J connectivity index is 3.27. The summed E-state index contributed by atoms with van der Waals surface area (Å²) in [6, 6.07) is 0. The molecule has 11 heavy (non-hydrogen) atoms. The van der Waals surface area contributed by atoms with Crippen LogP contribution < -0.4 is 0 Å². The van der Waals surface area contributed by atoms with Gasteiger partial charge in [-0.2, -0.15) is 0 Å². The first-order valence-corrected chi connectivity index (χ1v) is 4.86. The third kappa shape index (κ3) is 6.44. The molecule has 0 bridgehead atoms. The quantitative estimate of drug-likeness (QED) is 0.534. The second-order valence-corrected chi connectivity index (χ2v) is 2.77. The van der Waals surface area contributed by atoms with Crippen molar-refractivity contribution < 1.29 is 17.2 Å². The zero-order valence-corrected chi connectivity index (χ0v) is 8.44. The molecule has 0 aliphatic carbocycles. The molecule has 4 nitrogen and oxygen atoms in total. The molecule has 0 aliphatic heterocycles. The van der Waals surface area contributed by atoms with Crippen LogP contribution in [0, 0.1) is 0 Å². The first-order chi connectivity index (χ1) is 5.20. The van der Waals surface area contributed by atoms with Gasteiger partial charge in [0.1, 0.15) is 0 Å². The van der Waals surface area contributed by atoms with Crippen LogP contribution in [-0.4, -0.2) is 39.3 Å². The average molecular weight is 266 g/mol. The molecule has 0 aromatic rings. The van der Waals surface area contributed by atoms with Crippen LogP contribution in [0.25, 0.3) is 0 Å². The van der Waals surface area contributed by atoms with Gasteiger partial charge >= 0.3 is 79.7 Å². The second-order valence-electron chi connectivity index (χ2n) is 1.25. The van der Waals surface area contributed by atoms with E-state index in [9.17, 15) is 9.59 Å². The molecular weight excluding hydrogens is 262 g/mol. The second kappa shape index (κ2) is 6.73. The molecule has 0 saturated heterocycles. The molecule has 0 aliphatic rings. The number of hydrogen-bond donors (Lipinski definition) is 0. The number of hydrogen-bond acceptors (Lipinski definition) is 4. The van der Waals surface area contributed by atoms with Crippen LogP contribution in [0.2, 0.25) is 0 Å². The van der Waals surface area contributed by atoms with Crippen LogP contribution in [0.5, 0.6) is 0 Å². The summed E-state index contributed by atoms with van der Waals surface area (Å²) in [4.78, 5) is 20.6. The van der Waals surface area contributed by atoms with Crippen LogP contribution in [0.4, 0.5) is 0 Å². The summed E-state index contributed by atoms with van der Waals surface area (Å²) in [6.45, 7) is 0. The van der Waals surface area contributed by atoms with Crippen molar-refractivity contribution in [2.24, 2.45) is 0 Å². The Morgan fingerprint density at radius 1 is 1.09 bits per heavy atom. The maximum absolute atomic E-state index is 10.3. The number of alkyl halides is 2. The number of halogens is 2. The minimum absolute atomic E-state index is 0.250. The fourth-order valence-corrected chi connectivity index (χ4v) is 1.18. The maximum atomic E-state index is 10.3. The molecule has 0 spiro atoms. The van der Waals surface area contributed by atoms with Gasteiger partial charge < -0.3 is 0 Å². The molecule has 0 amide bonds. The number of rotatable bonds is 4. The molecule has 0 atom stereocenters. The van der Waals surface area contributed by atoms with E-state index in [1.807, 2.05) is 0 Å². The van der Waals surface area contributed by atoms with E-state index in [4.69, 9.17) is 23.2 Å². The van der Waals surface area contributed by atoms with E-state index in [1.54, 1.807) is 0 Å². The Bertz CT molecular complexity index is 135. The number of carbonyl (C=O) groups excluding carboxylic acids is 2. The fourth-order valence-electron chi connectivity index (χ4n) is 0.137. The Morgan fingerprint density at radius 2 is 1.45 bits per heavy atom. The molecular formula is C4H4Cl2O4Se. The molecule has 0 heterocycles. The van der Waals surface area contributed by atoms with E-state index in [2.05, 4.69) is 7.64 Å². The third-order valence-corrected chi connectivity index (χ3v) is 1.97. The van der Waals surface area contributed by atoms with Gasteiger partial charge in [-0.1, -0.05) is 0 Å². The van der Waals surface area contributed by atoms with E-state index >= 15 is 0 Å². The molecule has 0 aromatic carbocycles. The van der Waals surface area contributed by atoms with E-state index in [1.165, 1.54) is 0 Å². The van der Waals surface area contributed by atoms with Gasteiger partial charge in [-0.15, -0.1) is 0 Å². The van der Waals surface area contributed by atoms with Crippen molar-refractivity contribution in [3.05, 3.63) is 0 Å². The molecule has 0 rings (SSSR count). The fraction of sp³-hybridized carbons (Fsp3) is 0.500. The van der Waals surface area contributed by atoms with Crippen molar-refractivity contribution in [3.63, 3.8) is 0 Å². The SMILES string of the molecule is O=C(CCl)O[Se]OC(=O)CCl. The predicted molar refractivity (Wildman–Crippen MR) is 39.4 cm³/mol. The van der Waals surface area contributed by atoms with Crippen molar-refractivity contribution in [2.45, 2.75) is 0 Å². The van der Waals surface area contributed by atoms with E-state index < -0.39 is 27.6 Å². The van der Waals surface area contributed by atoms with Gasteiger partial charge in [0.2, 0.25) is 0 Å². The van der Waals surface area contributed by atoms with Gasteiger partial charge in [0.15, 0.2) is 0 Å². The molecule has 0 aromatic heterocycles. The molecule has 0 fully saturated rings. The summed E-state index contributed by atoms with van der Waals surface area (Å²) in [7, 11) is 0. The van der Waals surface area contributed by atoms with E-state index in [0.717, 1.165) is 0 Å². The van der Waals surface area contributed by atoms with Gasteiger partial charge in [-0.25, -0.2) is 0 Å². The van der Waals surface area contributed by atoms with Crippen LogP contribution in [-0.2, 0) is 17.2 Å². The molecule has 7 heteroatoms. The molecule has 0 unspecified atom stereocenters. The predicted octanol–water partition coefficient (Wildman–Crippen LogP) is 0.0846. The minimum atomic E-state index is -0.946. The average Bonchev–Trinajstić information content (AvgIpc) is 2.04. The summed E-state index contributed by atoms with van der Waals surface area (Å²) in [5.74, 6) is -1.73. The Morgan fingerprint density at radius 3 is 1.73 bits per heavy atom. The summed E-state index contributed by atoms with van der Waals surface area (Å²) >= 11 is 9.19. The standard InChI is InChI=1S/C4H4Cl2O4Se/c5-1-3(7)9-11-10-4(8)2-6/h1-2H2. The van der Waals surface area contributed by atoms with Crippen molar-refractivity contribution in [1.82, 2.24) is 0 Å². The van der Waals surface area contributed by atoms with Crippen molar-refractivity contribution in [2.75, 3.05) is 11.8 Å². The van der Waals surface area contributed by atoms with E-state index in [-0.39, 0.29) is 11.8 Å². The van der Waals surface area contributed by atoms with Crippen LogP contribution >= 0.6 is 23.2 Å². The van der Waals surface area contributed by atoms with Gasteiger partial charge in [0.25, 0.3) is 0 Å². The van der Waals surface area contributed by atoms with Crippen LogP contribution in [0.3, 0.4) is 0 Å². The summed E-state index contributed by atoms with van der Waals surface area (Å²) < 4.78 is 8.71. The van der Waals surface area contributed by atoms with Gasteiger partial charge in [-0.3, -0.25) is 0 Å². The first-order valence-electron chi connectivity index (χ1n) is 2.39. The third-order valence-electron chi connectivity index (χ3n) is 0.472. The van der Waals surface area contributed by atoms with Crippen molar-refractivity contribution in [3.8, 4) is 0 Å². The Kier molecular flexibility index (Phi) is 6.76. The topological polar surface area (TPSA) is 52.6 Å². The van der Waals surface area contributed by atoms with Gasteiger partial charge in [0.05, 0.1) is 0 Å². The van der Waals surface area contributed by atoms with Gasteiger partial charge in [0, 0.05) is 0 Å². The summed E-state index contributed by atoms with van der Waals surface area (Å²) in [5, 5.41) is 0. The zero-order valence-electron chi connectivity index (χ0n) is 5.21. The van der Waals surface area contributed by atoms with Crippen LogP contribution in [0.15, 0.2) is 0 Å². The molecule has 0 radical (unpaired) electrons. The Hall–Kier alpha value is 0.0395. The first kappa shape index (κ1) is 11.0. The molecule has 64 valence electrons.